The molecule has 0 aliphatic rings. The van der Waals surface area contributed by atoms with Crippen LogP contribution < -0.4 is 0 Å². The second-order valence-corrected chi connectivity index (χ2v) is 10.5. The summed E-state index contributed by atoms with van der Waals surface area (Å²) in [5.74, 6) is 0. The molecule has 0 atom stereocenters. The van der Waals surface area contributed by atoms with Gasteiger partial charge in [-0.3, -0.25) is 0 Å². The van der Waals surface area contributed by atoms with Crippen LogP contribution in [-0.4, -0.2) is 13.1 Å². The molecule has 0 aromatic heterocycles. The first-order valence-electron chi connectivity index (χ1n) is 6.13. The first kappa shape index (κ1) is 24.5. The fraction of sp³-hybridized carbons (Fsp3) is 0.500. The molecule has 0 unspecified atom stereocenters. The second kappa shape index (κ2) is 11.8. The Bertz CT molecular complexity index is 438. The zero-order chi connectivity index (χ0) is 15.9. The van der Waals surface area contributed by atoms with E-state index in [1.165, 1.54) is 6.07 Å². The maximum atomic E-state index is 9.58. The van der Waals surface area contributed by atoms with Crippen molar-refractivity contribution in [3.63, 3.8) is 0 Å². The molecule has 0 aliphatic carbocycles. The molecule has 1 aromatic carbocycles. The van der Waals surface area contributed by atoms with E-state index < -0.39 is 8.32 Å². The number of rotatable bonds is 4. The number of benzene rings is 1. The van der Waals surface area contributed by atoms with Crippen molar-refractivity contribution in [2.45, 2.75) is 38.9 Å². The van der Waals surface area contributed by atoms with E-state index in [0.717, 1.165) is 18.1 Å². The Hall–Kier alpha value is 1.27. The molecule has 0 heterocycles. The summed E-state index contributed by atoms with van der Waals surface area (Å²) in [6.07, 6.45) is 0. The normalized spacial score (nSPS) is 10.3. The maximum Gasteiger partial charge on any atom is 0.187 e. The van der Waals surface area contributed by atoms with Gasteiger partial charge in [0, 0.05) is 24.5 Å². The van der Waals surface area contributed by atoms with Crippen LogP contribution in [0.3, 0.4) is 0 Å². The Kier molecular flexibility index (Phi) is 13.7. The first-order valence-corrected chi connectivity index (χ1v) is 10.5. The predicted octanol–water partition coefficient (Wildman–Crippen LogP) is 7.44. The summed E-state index contributed by atoms with van der Waals surface area (Å²) in [5.41, 5.74) is 0.303. The molecule has 2 nitrogen and oxygen atoms in total. The Morgan fingerprint density at radius 2 is 1.38 bits per heavy atom. The van der Waals surface area contributed by atoms with Crippen LogP contribution in [0.4, 0.5) is 5.69 Å². The van der Waals surface area contributed by atoms with Crippen molar-refractivity contribution in [3.05, 3.63) is 31.0 Å². The van der Waals surface area contributed by atoms with E-state index in [1.54, 1.807) is 0 Å². The van der Waals surface area contributed by atoms with E-state index >= 15 is 0 Å². The molecule has 0 saturated heterocycles. The minimum Gasteiger partial charge on any atom is -0.600 e. The summed E-state index contributed by atoms with van der Waals surface area (Å²) in [7, 11) is -1.67. The maximum absolute atomic E-state index is 9.58. The average Bonchev–Trinajstić information content (AvgIpc) is 2.48. The van der Waals surface area contributed by atoms with Crippen LogP contribution in [0.5, 0.6) is 0 Å². The molecule has 0 fully saturated rings. The van der Waals surface area contributed by atoms with Gasteiger partial charge in [-0.2, -0.15) is 0 Å². The quantitative estimate of drug-likeness (QED) is 0.282. The molecule has 0 aliphatic heterocycles. The van der Waals surface area contributed by atoms with Crippen LogP contribution in [-0.2, 0) is 19.5 Å². The SMILES string of the molecule is CC[Si](O)(CC)CC.Cl[N-]c1cc(Cl)c(Cl)c(Cl)c1Cl.[Zn]. The number of hydrogen-bond acceptors (Lipinski definition) is 1. The van der Waals surface area contributed by atoms with Gasteiger partial charge in [0.05, 0.1) is 15.1 Å². The zero-order valence-corrected chi connectivity index (χ0v) is 19.9. The number of halogens is 5. The van der Waals surface area contributed by atoms with Crippen molar-refractivity contribution in [2.24, 2.45) is 0 Å². The van der Waals surface area contributed by atoms with Crippen molar-refractivity contribution in [1.29, 1.82) is 0 Å². The van der Waals surface area contributed by atoms with Gasteiger partial charge in [-0.1, -0.05) is 73.2 Å². The van der Waals surface area contributed by atoms with E-state index in [9.17, 15) is 4.80 Å². The van der Waals surface area contributed by atoms with Crippen molar-refractivity contribution < 1.29 is 24.3 Å². The summed E-state index contributed by atoms with van der Waals surface area (Å²) >= 11 is 28.0. The van der Waals surface area contributed by atoms with Crippen LogP contribution in [0.15, 0.2) is 6.07 Å². The van der Waals surface area contributed by atoms with Crippen LogP contribution >= 0.6 is 58.2 Å². The minimum atomic E-state index is -1.67. The standard InChI is InChI=1S/C6HCl5N.C6H16OSi.Zn/c7-2-1-3(12-11)5(9)6(10)4(2)8;1-4-8(7,5-2)6-3;/h1H;7H,4-6H2,1-3H3;/q-1;;. The van der Waals surface area contributed by atoms with Gasteiger partial charge in [0.1, 0.15) is 0 Å². The fourth-order valence-corrected chi connectivity index (χ4v) is 3.88. The van der Waals surface area contributed by atoms with Crippen LogP contribution in [0.1, 0.15) is 20.8 Å². The Morgan fingerprint density at radius 1 is 0.952 bits per heavy atom. The van der Waals surface area contributed by atoms with Crippen molar-refractivity contribution in [2.75, 3.05) is 0 Å². The van der Waals surface area contributed by atoms with Gasteiger partial charge < -0.3 is 9.63 Å². The molecule has 0 radical (unpaired) electrons. The van der Waals surface area contributed by atoms with Crippen molar-refractivity contribution in [3.8, 4) is 0 Å². The predicted molar refractivity (Wildman–Crippen MR) is 94.8 cm³/mol. The number of hydrogen-bond donors (Lipinski definition) is 1. The van der Waals surface area contributed by atoms with Gasteiger partial charge in [0.2, 0.25) is 0 Å². The topological polar surface area (TPSA) is 34.3 Å². The fourth-order valence-electron chi connectivity index (χ4n) is 1.37. The molecule has 9 heteroatoms. The third kappa shape index (κ3) is 7.58. The third-order valence-corrected chi connectivity index (χ3v) is 9.02. The molecule has 1 rings (SSSR count). The van der Waals surface area contributed by atoms with E-state index in [4.69, 9.17) is 58.2 Å². The number of nitrogens with zero attached hydrogens (tertiary/aromatic N) is 1. The van der Waals surface area contributed by atoms with Gasteiger partial charge in [0.25, 0.3) is 0 Å². The second-order valence-electron chi connectivity index (χ2n) is 4.19. The van der Waals surface area contributed by atoms with Crippen LogP contribution in [0, 0.1) is 0 Å². The van der Waals surface area contributed by atoms with Gasteiger partial charge in [-0.15, -0.1) is 5.69 Å². The molecular weight excluding hydrogens is 445 g/mol. The Labute approximate surface area is 165 Å². The Morgan fingerprint density at radius 3 is 1.67 bits per heavy atom. The summed E-state index contributed by atoms with van der Waals surface area (Å²) in [6, 6.07) is 4.48. The molecule has 1 aromatic rings. The monoisotopic (exact) mass is 458 g/mol. The van der Waals surface area contributed by atoms with Crippen LogP contribution in [0.25, 0.3) is 4.84 Å². The van der Waals surface area contributed by atoms with Gasteiger partial charge in [0.15, 0.2) is 8.32 Å². The van der Waals surface area contributed by atoms with Gasteiger partial charge in [-0.05, 0) is 18.1 Å². The molecular formula is C12H17Cl5NOSiZn-. The summed E-state index contributed by atoms with van der Waals surface area (Å²) in [5, 5.41) is 0.823. The van der Waals surface area contributed by atoms with E-state index in [1.807, 2.05) is 0 Å². The largest absolute Gasteiger partial charge is 0.600 e. The molecule has 1 N–H and O–H groups in total. The van der Waals surface area contributed by atoms with Gasteiger partial charge >= 0.3 is 0 Å². The third-order valence-electron chi connectivity index (χ3n) is 3.15. The smallest absolute Gasteiger partial charge is 0.187 e. The summed E-state index contributed by atoms with van der Waals surface area (Å²) < 4.78 is 0. The van der Waals surface area contributed by atoms with E-state index in [2.05, 4.69) is 25.6 Å². The summed E-state index contributed by atoms with van der Waals surface area (Å²) in [4.78, 5) is 12.9. The minimum absolute atomic E-state index is 0. The molecule has 21 heavy (non-hydrogen) atoms. The van der Waals surface area contributed by atoms with Crippen molar-refractivity contribution in [1.82, 2.24) is 0 Å². The average molecular weight is 462 g/mol. The van der Waals surface area contributed by atoms with Crippen molar-refractivity contribution >= 4 is 72.2 Å². The van der Waals surface area contributed by atoms with Crippen LogP contribution in [0.2, 0.25) is 38.2 Å². The molecule has 0 spiro atoms. The molecule has 0 bridgehead atoms. The summed E-state index contributed by atoms with van der Waals surface area (Å²) in [6.45, 7) is 6.25. The first-order chi connectivity index (χ1) is 9.26. The molecule has 0 amide bonds. The Balaban J connectivity index is 0. The van der Waals surface area contributed by atoms with Gasteiger partial charge in [-0.25, -0.2) is 11.8 Å². The molecule has 118 valence electrons. The van der Waals surface area contributed by atoms with E-state index in [0.29, 0.717) is 5.69 Å². The molecule has 0 saturated carbocycles. The van der Waals surface area contributed by atoms with E-state index in [-0.39, 0.29) is 39.6 Å². The zero-order valence-electron chi connectivity index (χ0n) is 12.2.